The predicted molar refractivity (Wildman–Crippen MR) is 72.2 cm³/mol. The van der Waals surface area contributed by atoms with Crippen molar-refractivity contribution in [3.8, 4) is 5.75 Å². The van der Waals surface area contributed by atoms with E-state index < -0.39 is 29.2 Å². The number of benzene rings is 1. The number of nitrogens with one attached hydrogen (secondary N) is 1. The van der Waals surface area contributed by atoms with Crippen molar-refractivity contribution >= 4 is 5.91 Å². The number of nitrogens with two attached hydrogens (primary N) is 1. The lowest BCUT2D eigenvalue weighted by molar-refractivity contribution is -0.122. The van der Waals surface area contributed by atoms with Crippen LogP contribution in [0.15, 0.2) is 12.1 Å². The first-order valence-electron chi connectivity index (χ1n) is 6.56. The van der Waals surface area contributed by atoms with Gasteiger partial charge in [0.15, 0.2) is 17.4 Å². The lowest BCUT2D eigenvalue weighted by atomic mass is 10.2. The Labute approximate surface area is 117 Å². The van der Waals surface area contributed by atoms with Crippen molar-refractivity contribution in [3.05, 3.63) is 29.3 Å². The molecule has 1 rings (SSSR count). The Morgan fingerprint density at radius 1 is 1.40 bits per heavy atom. The molecule has 0 aliphatic heterocycles. The average Bonchev–Trinajstić information content (AvgIpc) is 2.37. The van der Waals surface area contributed by atoms with Gasteiger partial charge >= 0.3 is 0 Å². The molecule has 1 atom stereocenters. The molecule has 1 aromatic rings. The third-order valence-electron chi connectivity index (χ3n) is 2.78. The fraction of sp³-hybridized carbons (Fsp3) is 0.500. The van der Waals surface area contributed by atoms with Crippen LogP contribution < -0.4 is 15.8 Å². The number of carbonyl (C=O) groups excluding carboxylic acids is 1. The molecule has 0 aromatic heterocycles. The summed E-state index contributed by atoms with van der Waals surface area (Å²) in [5.74, 6) is -3.23. The molecule has 0 fully saturated rings. The molecule has 112 valence electrons. The number of primary amides is 1. The largest absolute Gasteiger partial charge is 0.487 e. The zero-order chi connectivity index (χ0) is 15.1. The van der Waals surface area contributed by atoms with Crippen molar-refractivity contribution in [1.29, 1.82) is 0 Å². The summed E-state index contributed by atoms with van der Waals surface area (Å²) in [5, 5.41) is 3.06. The number of amides is 1. The van der Waals surface area contributed by atoms with Gasteiger partial charge in [-0.25, -0.2) is 8.78 Å². The fourth-order valence-corrected chi connectivity index (χ4v) is 1.55. The van der Waals surface area contributed by atoms with E-state index in [1.807, 2.05) is 6.92 Å². The standard InChI is InChI=1S/C14H20F2N2O2/c1-3-4-18-7-10-5-11(15)13(12(16)6-10)20-8-9(2)14(17)19/h5-6,9,18H,3-4,7-8H2,1-2H3,(H2,17,19). The highest BCUT2D eigenvalue weighted by molar-refractivity contribution is 5.76. The lowest BCUT2D eigenvalue weighted by Gasteiger charge is -2.12. The summed E-state index contributed by atoms with van der Waals surface area (Å²) in [6, 6.07) is 2.44. The average molecular weight is 286 g/mol. The highest BCUT2D eigenvalue weighted by Crippen LogP contribution is 2.23. The Morgan fingerprint density at radius 2 is 2.00 bits per heavy atom. The van der Waals surface area contributed by atoms with E-state index >= 15 is 0 Å². The Hall–Kier alpha value is -1.69. The number of ether oxygens (including phenoxy) is 1. The van der Waals surface area contributed by atoms with Gasteiger partial charge in [0.25, 0.3) is 0 Å². The second-order valence-electron chi connectivity index (χ2n) is 4.68. The number of carbonyl (C=O) groups is 1. The van der Waals surface area contributed by atoms with Gasteiger partial charge in [-0.05, 0) is 30.7 Å². The van der Waals surface area contributed by atoms with E-state index in [9.17, 15) is 13.6 Å². The fourth-order valence-electron chi connectivity index (χ4n) is 1.55. The van der Waals surface area contributed by atoms with E-state index in [1.54, 1.807) is 0 Å². The molecule has 0 heterocycles. The van der Waals surface area contributed by atoms with E-state index in [-0.39, 0.29) is 6.61 Å². The van der Waals surface area contributed by atoms with Crippen molar-refractivity contribution in [1.82, 2.24) is 5.32 Å². The van der Waals surface area contributed by atoms with Crippen LogP contribution in [0.4, 0.5) is 8.78 Å². The van der Waals surface area contributed by atoms with Crippen LogP contribution in [0.1, 0.15) is 25.8 Å². The van der Waals surface area contributed by atoms with E-state index in [0.29, 0.717) is 12.1 Å². The van der Waals surface area contributed by atoms with Gasteiger partial charge in [0.1, 0.15) is 0 Å². The molecular weight excluding hydrogens is 266 g/mol. The van der Waals surface area contributed by atoms with Gasteiger partial charge in [-0.2, -0.15) is 0 Å². The van der Waals surface area contributed by atoms with Crippen LogP contribution in [0.5, 0.6) is 5.75 Å². The zero-order valence-corrected chi connectivity index (χ0v) is 11.7. The lowest BCUT2D eigenvalue weighted by Crippen LogP contribution is -2.26. The zero-order valence-electron chi connectivity index (χ0n) is 11.7. The quantitative estimate of drug-likeness (QED) is 0.718. The highest BCUT2D eigenvalue weighted by atomic mass is 19.1. The Bertz CT molecular complexity index is 443. The summed E-state index contributed by atoms with van der Waals surface area (Å²) >= 11 is 0. The SMILES string of the molecule is CCCNCc1cc(F)c(OCC(C)C(N)=O)c(F)c1. The molecule has 6 heteroatoms. The smallest absolute Gasteiger partial charge is 0.223 e. The van der Waals surface area contributed by atoms with E-state index in [1.165, 1.54) is 19.1 Å². The summed E-state index contributed by atoms with van der Waals surface area (Å²) in [6.45, 7) is 4.54. The van der Waals surface area contributed by atoms with Crippen LogP contribution >= 0.6 is 0 Å². The van der Waals surface area contributed by atoms with Crippen LogP contribution in [0.3, 0.4) is 0 Å². The Morgan fingerprint density at radius 3 is 2.50 bits per heavy atom. The molecule has 3 N–H and O–H groups in total. The van der Waals surface area contributed by atoms with Gasteiger partial charge in [0, 0.05) is 6.54 Å². The van der Waals surface area contributed by atoms with Gasteiger partial charge in [-0.15, -0.1) is 0 Å². The highest BCUT2D eigenvalue weighted by Gasteiger charge is 2.16. The van der Waals surface area contributed by atoms with Crippen LogP contribution in [-0.4, -0.2) is 19.1 Å². The van der Waals surface area contributed by atoms with Gasteiger partial charge in [0.05, 0.1) is 12.5 Å². The minimum Gasteiger partial charge on any atom is -0.487 e. The van der Waals surface area contributed by atoms with Gasteiger partial charge in [0.2, 0.25) is 5.91 Å². The summed E-state index contributed by atoms with van der Waals surface area (Å²) < 4.78 is 32.5. The number of rotatable bonds is 8. The van der Waals surface area contributed by atoms with Gasteiger partial charge in [-0.1, -0.05) is 13.8 Å². The van der Waals surface area contributed by atoms with E-state index in [2.05, 4.69) is 5.32 Å². The molecule has 1 unspecified atom stereocenters. The van der Waals surface area contributed by atoms with Crippen LogP contribution in [-0.2, 0) is 11.3 Å². The van der Waals surface area contributed by atoms with Crippen molar-refractivity contribution in [2.45, 2.75) is 26.8 Å². The molecule has 0 saturated carbocycles. The number of halogens is 2. The van der Waals surface area contributed by atoms with Gasteiger partial charge < -0.3 is 15.8 Å². The molecule has 0 spiro atoms. The van der Waals surface area contributed by atoms with Crippen LogP contribution in [0, 0.1) is 17.6 Å². The second kappa shape index (κ2) is 7.79. The normalized spacial score (nSPS) is 12.2. The first kappa shape index (κ1) is 16.4. The van der Waals surface area contributed by atoms with Crippen molar-refractivity contribution < 1.29 is 18.3 Å². The summed E-state index contributed by atoms with van der Waals surface area (Å²) in [5.41, 5.74) is 5.56. The summed E-state index contributed by atoms with van der Waals surface area (Å²) in [7, 11) is 0. The maximum absolute atomic E-state index is 13.8. The maximum Gasteiger partial charge on any atom is 0.223 e. The number of hydrogen-bond acceptors (Lipinski definition) is 3. The molecule has 1 amide bonds. The summed E-state index contributed by atoms with van der Waals surface area (Å²) in [4.78, 5) is 10.8. The molecular formula is C14H20F2N2O2. The molecule has 0 aliphatic carbocycles. The maximum atomic E-state index is 13.8. The molecule has 4 nitrogen and oxygen atoms in total. The summed E-state index contributed by atoms with van der Waals surface area (Å²) in [6.07, 6.45) is 0.942. The Kier molecular flexibility index (Phi) is 6.38. The molecule has 1 aromatic carbocycles. The van der Waals surface area contributed by atoms with Crippen LogP contribution in [0.25, 0.3) is 0 Å². The second-order valence-corrected chi connectivity index (χ2v) is 4.68. The minimum absolute atomic E-state index is 0.156. The molecule has 0 bridgehead atoms. The molecule has 0 saturated heterocycles. The third kappa shape index (κ3) is 4.77. The van der Waals surface area contributed by atoms with Crippen molar-refractivity contribution in [2.75, 3.05) is 13.2 Å². The van der Waals surface area contributed by atoms with Crippen molar-refractivity contribution in [3.63, 3.8) is 0 Å². The molecule has 0 radical (unpaired) electrons. The Balaban J connectivity index is 2.71. The van der Waals surface area contributed by atoms with E-state index in [4.69, 9.17) is 10.5 Å². The predicted octanol–water partition coefficient (Wildman–Crippen LogP) is 1.96. The van der Waals surface area contributed by atoms with Crippen molar-refractivity contribution in [2.24, 2.45) is 11.7 Å². The van der Waals surface area contributed by atoms with Crippen LogP contribution in [0.2, 0.25) is 0 Å². The number of hydrogen-bond donors (Lipinski definition) is 2. The molecule has 0 aliphatic rings. The first-order valence-corrected chi connectivity index (χ1v) is 6.56. The minimum atomic E-state index is -0.782. The first-order chi connectivity index (χ1) is 9.45. The molecule has 20 heavy (non-hydrogen) atoms. The third-order valence-corrected chi connectivity index (χ3v) is 2.78. The van der Waals surface area contributed by atoms with Gasteiger partial charge in [-0.3, -0.25) is 4.79 Å². The monoisotopic (exact) mass is 286 g/mol. The topological polar surface area (TPSA) is 64.3 Å². The van der Waals surface area contributed by atoms with E-state index in [0.717, 1.165) is 13.0 Å².